The Hall–Kier alpha value is -0.770. The molecule has 0 unspecified atom stereocenters. The number of nitrogens with zero attached hydrogens (tertiary/aromatic N) is 1. The van der Waals surface area contributed by atoms with E-state index >= 15 is 0 Å². The van der Waals surface area contributed by atoms with Crippen LogP contribution < -0.4 is 0 Å². The molecule has 0 amide bonds. The number of hydrogen-bond acceptors (Lipinski definition) is 1. The lowest BCUT2D eigenvalue weighted by Gasteiger charge is -2.23. The Bertz CT molecular complexity index is 137. The molecule has 42 valence electrons. The van der Waals surface area contributed by atoms with E-state index < -0.39 is 0 Å². The van der Waals surface area contributed by atoms with Crippen LogP contribution in [0.2, 0.25) is 0 Å². The van der Waals surface area contributed by atoms with Gasteiger partial charge in [-0.05, 0) is 18.8 Å². The van der Waals surface area contributed by atoms with Crippen molar-refractivity contribution in [3.05, 3.63) is 12.2 Å². The minimum Gasteiger partial charge on any atom is -0.193 e. The van der Waals surface area contributed by atoms with Crippen molar-refractivity contribution in [3.8, 4) is 6.07 Å². The first kappa shape index (κ1) is 5.37. The zero-order valence-electron chi connectivity index (χ0n) is 4.85. The Morgan fingerprint density at radius 2 is 2.25 bits per heavy atom. The molecular weight excluding hydrogens is 98.1 g/mol. The maximum Gasteiger partial charge on any atom is 0.0943 e. The van der Waals surface area contributed by atoms with Gasteiger partial charge in [0, 0.05) is 5.57 Å². The fraction of sp³-hybridized carbons (Fsp3) is 0.571. The van der Waals surface area contributed by atoms with E-state index in [0.717, 1.165) is 5.57 Å². The highest BCUT2D eigenvalue weighted by Gasteiger charge is 2.19. The molecule has 1 saturated carbocycles. The average Bonchev–Trinajstić information content (AvgIpc) is 1.62. The van der Waals surface area contributed by atoms with Crippen LogP contribution >= 0.6 is 0 Å². The molecule has 0 atom stereocenters. The van der Waals surface area contributed by atoms with Gasteiger partial charge in [-0.25, -0.2) is 0 Å². The lowest BCUT2D eigenvalue weighted by Crippen LogP contribution is -2.11. The number of hydrogen-bond donors (Lipinski definition) is 0. The highest BCUT2D eigenvalue weighted by Crippen LogP contribution is 2.31. The highest BCUT2D eigenvalue weighted by atomic mass is 14.3. The Balaban J connectivity index is 2.37. The minimum absolute atomic E-state index is 0.542. The predicted molar refractivity (Wildman–Crippen MR) is 32.1 cm³/mol. The third kappa shape index (κ3) is 0.742. The van der Waals surface area contributed by atoms with Crippen LogP contribution in [-0.2, 0) is 0 Å². The second-order valence-electron chi connectivity index (χ2n) is 2.26. The molecule has 0 radical (unpaired) electrons. The van der Waals surface area contributed by atoms with Crippen molar-refractivity contribution in [2.24, 2.45) is 5.92 Å². The standard InChI is InChI=1S/C7H9N/c1-6(5-8)7-3-2-4-7/h7H,1-4H2. The summed E-state index contributed by atoms with van der Waals surface area (Å²) < 4.78 is 0. The van der Waals surface area contributed by atoms with Crippen molar-refractivity contribution in [1.82, 2.24) is 0 Å². The third-order valence-corrected chi connectivity index (χ3v) is 1.74. The van der Waals surface area contributed by atoms with Gasteiger partial charge in [-0.1, -0.05) is 13.0 Å². The van der Waals surface area contributed by atoms with E-state index in [2.05, 4.69) is 12.6 Å². The van der Waals surface area contributed by atoms with Gasteiger partial charge >= 0.3 is 0 Å². The van der Waals surface area contributed by atoms with Gasteiger partial charge in [0.15, 0.2) is 0 Å². The van der Waals surface area contributed by atoms with Gasteiger partial charge in [-0.15, -0.1) is 0 Å². The van der Waals surface area contributed by atoms with E-state index in [1.165, 1.54) is 19.3 Å². The zero-order chi connectivity index (χ0) is 5.98. The largest absolute Gasteiger partial charge is 0.193 e. The molecule has 0 saturated heterocycles. The highest BCUT2D eigenvalue weighted by molar-refractivity contribution is 5.20. The molecule has 1 rings (SSSR count). The molecule has 0 aromatic heterocycles. The molecule has 1 heteroatoms. The van der Waals surface area contributed by atoms with Crippen molar-refractivity contribution in [2.45, 2.75) is 19.3 Å². The Labute approximate surface area is 49.6 Å². The van der Waals surface area contributed by atoms with Crippen molar-refractivity contribution in [1.29, 1.82) is 5.26 Å². The van der Waals surface area contributed by atoms with Crippen molar-refractivity contribution < 1.29 is 0 Å². The first-order valence-corrected chi connectivity index (χ1v) is 2.93. The maximum absolute atomic E-state index is 8.32. The molecule has 0 aromatic rings. The number of rotatable bonds is 1. The number of nitriles is 1. The average molecular weight is 107 g/mol. The second kappa shape index (κ2) is 2.00. The molecule has 1 nitrogen and oxygen atoms in total. The molecule has 0 heterocycles. The Kier molecular flexibility index (Phi) is 1.34. The molecule has 0 spiro atoms. The van der Waals surface area contributed by atoms with E-state index in [4.69, 9.17) is 5.26 Å². The van der Waals surface area contributed by atoms with Crippen LogP contribution in [0.25, 0.3) is 0 Å². The van der Waals surface area contributed by atoms with Crippen LogP contribution in [0.15, 0.2) is 12.2 Å². The van der Waals surface area contributed by atoms with Crippen LogP contribution in [0.5, 0.6) is 0 Å². The van der Waals surface area contributed by atoms with Gasteiger partial charge in [0.1, 0.15) is 0 Å². The van der Waals surface area contributed by atoms with Gasteiger partial charge in [-0.2, -0.15) is 5.26 Å². The summed E-state index contributed by atoms with van der Waals surface area (Å²) in [5.74, 6) is 0.542. The third-order valence-electron chi connectivity index (χ3n) is 1.74. The summed E-state index contributed by atoms with van der Waals surface area (Å²) in [5.41, 5.74) is 0.774. The molecule has 1 aliphatic carbocycles. The Morgan fingerprint density at radius 3 is 2.38 bits per heavy atom. The maximum atomic E-state index is 8.32. The topological polar surface area (TPSA) is 23.8 Å². The normalized spacial score (nSPS) is 18.9. The SMILES string of the molecule is C=C(C#N)C1CCC1. The molecule has 0 aliphatic heterocycles. The first-order chi connectivity index (χ1) is 3.84. The fourth-order valence-corrected chi connectivity index (χ4v) is 0.848. The van der Waals surface area contributed by atoms with E-state index in [9.17, 15) is 0 Å². The molecule has 8 heavy (non-hydrogen) atoms. The van der Waals surface area contributed by atoms with Gasteiger partial charge in [-0.3, -0.25) is 0 Å². The van der Waals surface area contributed by atoms with Gasteiger partial charge in [0.05, 0.1) is 6.07 Å². The van der Waals surface area contributed by atoms with Crippen LogP contribution in [0.1, 0.15) is 19.3 Å². The summed E-state index contributed by atoms with van der Waals surface area (Å²) in [6, 6.07) is 2.07. The quantitative estimate of drug-likeness (QED) is 0.469. The molecular formula is C7H9N. The zero-order valence-corrected chi connectivity index (χ0v) is 4.85. The minimum atomic E-state index is 0.542. The van der Waals surface area contributed by atoms with E-state index in [-0.39, 0.29) is 0 Å². The molecule has 1 aliphatic rings. The van der Waals surface area contributed by atoms with Crippen LogP contribution in [0.3, 0.4) is 0 Å². The van der Waals surface area contributed by atoms with Crippen molar-refractivity contribution >= 4 is 0 Å². The smallest absolute Gasteiger partial charge is 0.0943 e. The Morgan fingerprint density at radius 1 is 1.62 bits per heavy atom. The van der Waals surface area contributed by atoms with E-state index in [0.29, 0.717) is 5.92 Å². The molecule has 0 bridgehead atoms. The summed E-state index contributed by atoms with van der Waals surface area (Å²) in [7, 11) is 0. The lowest BCUT2D eigenvalue weighted by molar-refractivity contribution is 0.376. The molecule has 0 aromatic carbocycles. The van der Waals surface area contributed by atoms with Gasteiger partial charge in [0.2, 0.25) is 0 Å². The lowest BCUT2D eigenvalue weighted by atomic mass is 9.81. The molecule has 1 fully saturated rings. The van der Waals surface area contributed by atoms with Gasteiger partial charge in [0.25, 0.3) is 0 Å². The van der Waals surface area contributed by atoms with Crippen LogP contribution in [0, 0.1) is 17.2 Å². The van der Waals surface area contributed by atoms with E-state index in [1.807, 2.05) is 0 Å². The molecule has 0 N–H and O–H groups in total. The monoisotopic (exact) mass is 107 g/mol. The summed E-state index contributed by atoms with van der Waals surface area (Å²) >= 11 is 0. The predicted octanol–water partition coefficient (Wildman–Crippen LogP) is 1.87. The van der Waals surface area contributed by atoms with Crippen molar-refractivity contribution in [3.63, 3.8) is 0 Å². The van der Waals surface area contributed by atoms with E-state index in [1.54, 1.807) is 0 Å². The fourth-order valence-electron chi connectivity index (χ4n) is 0.848. The van der Waals surface area contributed by atoms with Gasteiger partial charge < -0.3 is 0 Å². The van der Waals surface area contributed by atoms with Crippen LogP contribution in [0.4, 0.5) is 0 Å². The first-order valence-electron chi connectivity index (χ1n) is 2.93. The summed E-state index contributed by atoms with van der Waals surface area (Å²) in [6.07, 6.45) is 3.66. The van der Waals surface area contributed by atoms with Crippen LogP contribution in [-0.4, -0.2) is 0 Å². The summed E-state index contributed by atoms with van der Waals surface area (Å²) in [4.78, 5) is 0. The summed E-state index contributed by atoms with van der Waals surface area (Å²) in [5, 5.41) is 8.32. The number of allylic oxidation sites excluding steroid dienone is 1. The second-order valence-corrected chi connectivity index (χ2v) is 2.26. The summed E-state index contributed by atoms with van der Waals surface area (Å²) in [6.45, 7) is 3.63. The van der Waals surface area contributed by atoms with Crippen molar-refractivity contribution in [2.75, 3.05) is 0 Å².